The highest BCUT2D eigenvalue weighted by Crippen LogP contribution is 2.12. The third kappa shape index (κ3) is 4.28. The molecule has 0 bridgehead atoms. The first kappa shape index (κ1) is 12.6. The van der Waals surface area contributed by atoms with Crippen molar-refractivity contribution < 1.29 is 4.74 Å². The summed E-state index contributed by atoms with van der Waals surface area (Å²) in [5, 5.41) is 6.75. The van der Waals surface area contributed by atoms with E-state index in [0.717, 1.165) is 26.0 Å². The molecule has 0 fully saturated rings. The van der Waals surface area contributed by atoms with Crippen LogP contribution in [0.2, 0.25) is 0 Å². The van der Waals surface area contributed by atoms with Gasteiger partial charge in [-0.25, -0.2) is 4.98 Å². The Morgan fingerprint density at radius 3 is 2.87 bits per heavy atom. The number of nitrogens with one attached hydrogen (secondary N) is 1. The molecule has 1 heterocycles. The first-order chi connectivity index (χ1) is 7.30. The minimum absolute atomic E-state index is 0.385. The molecule has 1 aromatic heterocycles. The van der Waals surface area contributed by atoms with E-state index in [2.05, 4.69) is 29.5 Å². The van der Waals surface area contributed by atoms with Gasteiger partial charge in [-0.15, -0.1) is 11.3 Å². The fraction of sp³-hybridized carbons (Fsp3) is 0.727. The predicted molar refractivity (Wildman–Crippen MR) is 64.5 cm³/mol. The van der Waals surface area contributed by atoms with E-state index in [1.807, 2.05) is 0 Å². The molecule has 0 aliphatic carbocycles. The van der Waals surface area contributed by atoms with E-state index < -0.39 is 0 Å². The summed E-state index contributed by atoms with van der Waals surface area (Å²) in [6.07, 6.45) is 1.99. The quantitative estimate of drug-likeness (QED) is 0.773. The zero-order chi connectivity index (χ0) is 11.1. The van der Waals surface area contributed by atoms with Gasteiger partial charge in [0, 0.05) is 25.0 Å². The molecule has 0 amide bonds. The Bertz CT molecular complexity index is 269. The van der Waals surface area contributed by atoms with Gasteiger partial charge in [-0.2, -0.15) is 0 Å². The molecular formula is C11H20N2OS. The number of hydrogen-bond donors (Lipinski definition) is 1. The van der Waals surface area contributed by atoms with E-state index in [1.54, 1.807) is 18.4 Å². The van der Waals surface area contributed by atoms with E-state index in [0.29, 0.717) is 6.04 Å². The van der Waals surface area contributed by atoms with E-state index >= 15 is 0 Å². The van der Waals surface area contributed by atoms with Crippen LogP contribution in [-0.2, 0) is 17.6 Å². The van der Waals surface area contributed by atoms with Crippen molar-refractivity contribution in [3.63, 3.8) is 0 Å². The van der Waals surface area contributed by atoms with Crippen LogP contribution in [0.15, 0.2) is 5.38 Å². The molecule has 4 heteroatoms. The number of rotatable bonds is 7. The second-order valence-corrected chi connectivity index (χ2v) is 4.44. The molecule has 0 saturated carbocycles. The molecule has 0 saturated heterocycles. The summed E-state index contributed by atoms with van der Waals surface area (Å²) in [7, 11) is 1.74. The van der Waals surface area contributed by atoms with Gasteiger partial charge in [0.2, 0.25) is 0 Å². The molecule has 1 N–H and O–H groups in total. The third-order valence-corrected chi connectivity index (χ3v) is 3.16. The summed E-state index contributed by atoms with van der Waals surface area (Å²) in [5.74, 6) is 0. The van der Waals surface area contributed by atoms with Crippen molar-refractivity contribution in [2.24, 2.45) is 0 Å². The van der Waals surface area contributed by atoms with Gasteiger partial charge in [0.15, 0.2) is 0 Å². The highest BCUT2D eigenvalue weighted by Gasteiger charge is 2.10. The Hall–Kier alpha value is -0.450. The predicted octanol–water partition coefficient (Wildman–Crippen LogP) is 1.87. The molecule has 0 spiro atoms. The Morgan fingerprint density at radius 2 is 2.33 bits per heavy atom. The molecule has 0 radical (unpaired) electrons. The molecule has 0 aliphatic heterocycles. The van der Waals surface area contributed by atoms with Gasteiger partial charge in [0.1, 0.15) is 0 Å². The zero-order valence-corrected chi connectivity index (χ0v) is 10.6. The summed E-state index contributed by atoms with van der Waals surface area (Å²) in [6.45, 7) is 5.96. The first-order valence-electron chi connectivity index (χ1n) is 5.45. The van der Waals surface area contributed by atoms with Crippen molar-refractivity contribution in [1.82, 2.24) is 10.3 Å². The van der Waals surface area contributed by atoms with Gasteiger partial charge in [-0.3, -0.25) is 0 Å². The second kappa shape index (κ2) is 6.93. The van der Waals surface area contributed by atoms with E-state index in [-0.39, 0.29) is 0 Å². The highest BCUT2D eigenvalue weighted by molar-refractivity contribution is 7.09. The Kier molecular flexibility index (Phi) is 5.83. The van der Waals surface area contributed by atoms with Crippen molar-refractivity contribution >= 4 is 11.3 Å². The number of ether oxygens (including phenoxy) is 1. The lowest BCUT2D eigenvalue weighted by molar-refractivity contribution is 0.167. The van der Waals surface area contributed by atoms with Gasteiger partial charge >= 0.3 is 0 Å². The van der Waals surface area contributed by atoms with Crippen molar-refractivity contribution in [1.29, 1.82) is 0 Å². The lowest BCUT2D eigenvalue weighted by Gasteiger charge is -2.15. The zero-order valence-electron chi connectivity index (χ0n) is 9.75. The Balaban J connectivity index is 2.48. The molecule has 1 aromatic rings. The minimum atomic E-state index is 0.385. The van der Waals surface area contributed by atoms with E-state index in [1.165, 1.54) is 10.7 Å². The lowest BCUT2D eigenvalue weighted by Crippen LogP contribution is -2.34. The van der Waals surface area contributed by atoms with E-state index in [4.69, 9.17) is 4.74 Å². The fourth-order valence-electron chi connectivity index (χ4n) is 1.50. The van der Waals surface area contributed by atoms with Gasteiger partial charge in [-0.05, 0) is 13.0 Å². The van der Waals surface area contributed by atoms with Gasteiger partial charge < -0.3 is 10.1 Å². The van der Waals surface area contributed by atoms with Gasteiger partial charge in [0.05, 0.1) is 17.3 Å². The van der Waals surface area contributed by atoms with Crippen LogP contribution in [0.5, 0.6) is 0 Å². The van der Waals surface area contributed by atoms with Crippen LogP contribution in [0.1, 0.15) is 24.5 Å². The van der Waals surface area contributed by atoms with Gasteiger partial charge in [-0.1, -0.05) is 13.8 Å². The number of nitrogens with zero attached hydrogens (tertiary/aromatic N) is 1. The Labute approximate surface area is 95.9 Å². The maximum absolute atomic E-state index is 5.18. The number of methoxy groups -OCH3 is 1. The third-order valence-electron chi connectivity index (χ3n) is 2.24. The molecule has 1 rings (SSSR count). The summed E-state index contributed by atoms with van der Waals surface area (Å²) in [5.41, 5.74) is 1.20. The summed E-state index contributed by atoms with van der Waals surface area (Å²) in [6, 6.07) is 0.385. The van der Waals surface area contributed by atoms with Crippen LogP contribution < -0.4 is 5.32 Å². The SMILES string of the molecule is CCNC(COC)Cc1nc(CC)cs1. The number of thiazole rings is 1. The maximum atomic E-state index is 5.18. The van der Waals surface area contributed by atoms with Crippen LogP contribution in [0.4, 0.5) is 0 Å². The van der Waals surface area contributed by atoms with Crippen molar-refractivity contribution in [3.8, 4) is 0 Å². The molecule has 1 atom stereocenters. The first-order valence-corrected chi connectivity index (χ1v) is 6.33. The summed E-state index contributed by atoms with van der Waals surface area (Å²) in [4.78, 5) is 4.56. The summed E-state index contributed by atoms with van der Waals surface area (Å²) >= 11 is 1.75. The number of aromatic nitrogens is 1. The second-order valence-electron chi connectivity index (χ2n) is 3.50. The molecule has 15 heavy (non-hydrogen) atoms. The van der Waals surface area contributed by atoms with Crippen molar-refractivity contribution in [2.75, 3.05) is 20.3 Å². The normalized spacial score (nSPS) is 13.0. The van der Waals surface area contributed by atoms with Crippen LogP contribution in [0.25, 0.3) is 0 Å². The molecule has 3 nitrogen and oxygen atoms in total. The molecule has 1 unspecified atom stereocenters. The van der Waals surface area contributed by atoms with Crippen LogP contribution in [0, 0.1) is 0 Å². The standard InChI is InChI=1S/C11H20N2OS/c1-4-9-8-15-11(13-9)6-10(7-14-3)12-5-2/h8,10,12H,4-7H2,1-3H3. The van der Waals surface area contributed by atoms with Crippen LogP contribution >= 0.6 is 11.3 Å². The lowest BCUT2D eigenvalue weighted by atomic mass is 10.2. The topological polar surface area (TPSA) is 34.1 Å². The largest absolute Gasteiger partial charge is 0.383 e. The minimum Gasteiger partial charge on any atom is -0.383 e. The van der Waals surface area contributed by atoms with Crippen LogP contribution in [-0.4, -0.2) is 31.3 Å². The molecule has 0 aliphatic rings. The number of aryl methyl sites for hydroxylation is 1. The van der Waals surface area contributed by atoms with Gasteiger partial charge in [0.25, 0.3) is 0 Å². The van der Waals surface area contributed by atoms with Crippen LogP contribution in [0.3, 0.4) is 0 Å². The molecule has 86 valence electrons. The average Bonchev–Trinajstić information content (AvgIpc) is 2.66. The number of hydrogen-bond acceptors (Lipinski definition) is 4. The van der Waals surface area contributed by atoms with Crippen molar-refractivity contribution in [2.45, 2.75) is 32.7 Å². The van der Waals surface area contributed by atoms with Crippen molar-refractivity contribution in [3.05, 3.63) is 16.1 Å². The molecule has 0 aromatic carbocycles. The maximum Gasteiger partial charge on any atom is 0.0944 e. The number of likely N-dealkylation sites (N-methyl/N-ethyl adjacent to an activating group) is 1. The summed E-state index contributed by atoms with van der Waals surface area (Å²) < 4.78 is 5.18. The fourth-order valence-corrected chi connectivity index (χ4v) is 2.45. The average molecular weight is 228 g/mol. The van der Waals surface area contributed by atoms with E-state index in [9.17, 15) is 0 Å². The monoisotopic (exact) mass is 228 g/mol. The smallest absolute Gasteiger partial charge is 0.0944 e. The molecular weight excluding hydrogens is 208 g/mol. The Morgan fingerprint density at radius 1 is 1.53 bits per heavy atom. The highest BCUT2D eigenvalue weighted by atomic mass is 32.1.